The highest BCUT2D eigenvalue weighted by atomic mass is 32.2. The Labute approximate surface area is 155 Å². The number of ether oxygens (including phenoxy) is 1. The highest BCUT2D eigenvalue weighted by Gasteiger charge is 2.38. The second-order valence-corrected chi connectivity index (χ2v) is 6.50. The predicted molar refractivity (Wildman–Crippen MR) is 101 cm³/mol. The van der Waals surface area contributed by atoms with Crippen molar-refractivity contribution in [2.75, 3.05) is 0 Å². The Hall–Kier alpha value is -2.99. The summed E-state index contributed by atoms with van der Waals surface area (Å²) in [7, 11) is 0. The molecule has 1 aliphatic rings. The summed E-state index contributed by atoms with van der Waals surface area (Å²) < 4.78 is 11.2. The summed E-state index contributed by atoms with van der Waals surface area (Å²) in [5, 5.41) is 0.860. The van der Waals surface area contributed by atoms with Gasteiger partial charge in [0.1, 0.15) is 0 Å². The molecule has 0 amide bonds. The van der Waals surface area contributed by atoms with E-state index in [1.807, 2.05) is 54.6 Å². The normalized spacial score (nSPS) is 16.8. The second kappa shape index (κ2) is 7.09. The van der Waals surface area contributed by atoms with Crippen molar-refractivity contribution >= 4 is 28.7 Å². The number of Topliss-reactive ketones (excluding diaryl/α,β-unsaturated/α-hetero) is 1. The largest absolute Gasteiger partial charge is 0.460 e. The van der Waals surface area contributed by atoms with E-state index in [-0.39, 0.29) is 17.4 Å². The number of aromatic nitrogens is 1. The smallest absolute Gasteiger partial charge is 0.249 e. The van der Waals surface area contributed by atoms with Gasteiger partial charge in [-0.15, -0.1) is 0 Å². The number of benzene rings is 2. The van der Waals surface area contributed by atoms with Crippen molar-refractivity contribution in [1.29, 1.82) is 0 Å². The fourth-order valence-electron chi connectivity index (χ4n) is 2.84. The van der Waals surface area contributed by atoms with Crippen LogP contribution >= 0.6 is 12.0 Å². The van der Waals surface area contributed by atoms with E-state index < -0.39 is 6.10 Å². The van der Waals surface area contributed by atoms with Crippen molar-refractivity contribution in [1.82, 2.24) is 4.98 Å². The van der Waals surface area contributed by atoms with Gasteiger partial charge in [0, 0.05) is 17.1 Å². The van der Waals surface area contributed by atoms with Crippen LogP contribution in [0, 0.1) is 0 Å². The molecule has 2 aromatic carbocycles. The van der Waals surface area contributed by atoms with Gasteiger partial charge < -0.3 is 14.7 Å². The Bertz CT molecular complexity index is 983. The zero-order valence-electron chi connectivity index (χ0n) is 13.8. The fourth-order valence-corrected chi connectivity index (χ4v) is 3.51. The lowest BCUT2D eigenvalue weighted by molar-refractivity contribution is -0.122. The number of hydrogen-bond donors (Lipinski definition) is 1. The molecule has 3 aromatic rings. The zero-order valence-corrected chi connectivity index (χ0v) is 14.6. The average Bonchev–Trinajstić information content (AvgIpc) is 2.96. The fraction of sp³-hybridized carbons (Fsp3) is 0.100. The maximum Gasteiger partial charge on any atom is 0.249 e. The molecule has 1 unspecified atom stereocenters. The highest BCUT2D eigenvalue weighted by Crippen LogP contribution is 2.36. The van der Waals surface area contributed by atoms with Gasteiger partial charge in [-0.3, -0.25) is 9.78 Å². The van der Waals surface area contributed by atoms with Gasteiger partial charge in [-0.25, -0.2) is 0 Å². The van der Waals surface area contributed by atoms with E-state index in [1.54, 1.807) is 12.3 Å². The number of hydrogen-bond acceptors (Lipinski definition) is 6. The number of carbonyl (C=O) groups is 1. The summed E-state index contributed by atoms with van der Waals surface area (Å²) >= 11 is 1.16. The molecule has 0 bridgehead atoms. The Morgan fingerprint density at radius 2 is 1.85 bits per heavy atom. The van der Waals surface area contributed by atoms with Crippen LogP contribution < -0.4 is 5.73 Å². The standard InChI is InChI=1S/C20H16N2O3S/c21-20-19(25-26-12-13-6-2-1-3-7-13)17(23)18(24-20)15-10-11-22-16-9-5-4-8-14(15)16/h1-11,18H,12,21H2. The topological polar surface area (TPSA) is 74.4 Å². The number of fused-ring (bicyclic) bond motifs is 1. The first-order valence-corrected chi connectivity index (χ1v) is 9.03. The van der Waals surface area contributed by atoms with Crippen molar-refractivity contribution in [2.24, 2.45) is 5.73 Å². The van der Waals surface area contributed by atoms with Crippen LogP contribution in [0.4, 0.5) is 0 Å². The number of nitrogens with two attached hydrogens (primary N) is 1. The predicted octanol–water partition coefficient (Wildman–Crippen LogP) is 3.87. The van der Waals surface area contributed by atoms with Gasteiger partial charge in [0.2, 0.25) is 17.4 Å². The molecule has 6 heteroatoms. The van der Waals surface area contributed by atoms with E-state index in [1.165, 1.54) is 0 Å². The van der Waals surface area contributed by atoms with Crippen molar-refractivity contribution < 1.29 is 13.7 Å². The van der Waals surface area contributed by atoms with E-state index in [0.717, 1.165) is 34.1 Å². The third kappa shape index (κ3) is 3.11. The lowest BCUT2D eigenvalue weighted by Crippen LogP contribution is -2.11. The van der Waals surface area contributed by atoms with Crippen molar-refractivity contribution in [3.63, 3.8) is 0 Å². The molecule has 0 aliphatic carbocycles. The summed E-state index contributed by atoms with van der Waals surface area (Å²) in [4.78, 5) is 17.1. The molecule has 130 valence electrons. The second-order valence-electron chi connectivity index (χ2n) is 5.80. The molecule has 26 heavy (non-hydrogen) atoms. The lowest BCUT2D eigenvalue weighted by Gasteiger charge is -2.12. The molecule has 0 radical (unpaired) electrons. The number of pyridine rings is 1. The van der Waals surface area contributed by atoms with Crippen LogP contribution in [0.15, 0.2) is 78.5 Å². The summed E-state index contributed by atoms with van der Waals surface area (Å²) in [6.45, 7) is 0. The van der Waals surface area contributed by atoms with Gasteiger partial charge >= 0.3 is 0 Å². The molecule has 4 rings (SSSR count). The van der Waals surface area contributed by atoms with E-state index in [2.05, 4.69) is 4.98 Å². The summed E-state index contributed by atoms with van der Waals surface area (Å²) in [5.74, 6) is 0.408. The monoisotopic (exact) mass is 364 g/mol. The molecular formula is C20H16N2O3S. The van der Waals surface area contributed by atoms with Crippen molar-refractivity contribution in [3.8, 4) is 0 Å². The van der Waals surface area contributed by atoms with Crippen LogP contribution in [0.3, 0.4) is 0 Å². The van der Waals surface area contributed by atoms with Crippen LogP contribution in [0.1, 0.15) is 17.2 Å². The van der Waals surface area contributed by atoms with Gasteiger partial charge in [0.25, 0.3) is 0 Å². The average molecular weight is 364 g/mol. The lowest BCUT2D eigenvalue weighted by atomic mass is 10.0. The van der Waals surface area contributed by atoms with Gasteiger partial charge in [0.05, 0.1) is 23.3 Å². The van der Waals surface area contributed by atoms with Crippen LogP contribution in [-0.2, 0) is 19.5 Å². The molecule has 0 saturated heterocycles. The molecule has 0 saturated carbocycles. The molecular weight excluding hydrogens is 348 g/mol. The van der Waals surface area contributed by atoms with E-state index >= 15 is 0 Å². The van der Waals surface area contributed by atoms with E-state index in [4.69, 9.17) is 14.7 Å². The van der Waals surface area contributed by atoms with Gasteiger partial charge in [-0.2, -0.15) is 0 Å². The quantitative estimate of drug-likeness (QED) is 0.693. The van der Waals surface area contributed by atoms with Crippen molar-refractivity contribution in [2.45, 2.75) is 11.9 Å². The first-order valence-electron chi connectivity index (χ1n) is 8.11. The molecule has 0 spiro atoms. The first kappa shape index (κ1) is 16.5. The molecule has 1 aliphatic heterocycles. The highest BCUT2D eigenvalue weighted by molar-refractivity contribution is 7.94. The molecule has 2 N–H and O–H groups in total. The summed E-state index contributed by atoms with van der Waals surface area (Å²) in [6, 6.07) is 19.2. The van der Waals surface area contributed by atoms with Gasteiger partial charge in [-0.05, 0) is 17.7 Å². The molecule has 2 heterocycles. The van der Waals surface area contributed by atoms with Crippen molar-refractivity contribution in [3.05, 3.63) is 89.6 Å². The van der Waals surface area contributed by atoms with Gasteiger partial charge in [-0.1, -0.05) is 48.5 Å². The number of nitrogens with zero attached hydrogens (tertiary/aromatic N) is 1. The maximum atomic E-state index is 12.8. The Morgan fingerprint density at radius 1 is 1.08 bits per heavy atom. The summed E-state index contributed by atoms with van der Waals surface area (Å²) in [6.07, 6.45) is 0.850. The van der Waals surface area contributed by atoms with E-state index in [0.29, 0.717) is 5.75 Å². The first-order chi connectivity index (χ1) is 12.7. The number of carbonyl (C=O) groups excluding carboxylic acids is 1. The summed E-state index contributed by atoms with van der Waals surface area (Å²) in [5.41, 5.74) is 8.53. The minimum absolute atomic E-state index is 0.0152. The molecule has 1 atom stereocenters. The third-order valence-corrected chi connectivity index (χ3v) is 4.84. The minimum Gasteiger partial charge on any atom is -0.460 e. The number of para-hydroxylation sites is 1. The van der Waals surface area contributed by atoms with Gasteiger partial charge in [0.15, 0.2) is 6.10 Å². The van der Waals surface area contributed by atoms with Crippen LogP contribution in [0.2, 0.25) is 0 Å². The van der Waals surface area contributed by atoms with E-state index in [9.17, 15) is 4.79 Å². The molecule has 1 aromatic heterocycles. The molecule has 5 nitrogen and oxygen atoms in total. The Balaban J connectivity index is 1.51. The Morgan fingerprint density at radius 3 is 2.69 bits per heavy atom. The number of ketones is 1. The maximum absolute atomic E-state index is 12.8. The third-order valence-electron chi connectivity index (χ3n) is 4.11. The molecule has 0 fully saturated rings. The number of rotatable bonds is 5. The van der Waals surface area contributed by atoms with Crippen LogP contribution in [0.25, 0.3) is 10.9 Å². The SMILES string of the molecule is NC1=C(OSCc2ccccc2)C(=O)C(c2ccnc3ccccc23)O1. The zero-order chi connectivity index (χ0) is 17.9. The van der Waals surface area contributed by atoms with Crippen LogP contribution in [0.5, 0.6) is 0 Å². The minimum atomic E-state index is -0.810. The Kier molecular flexibility index (Phi) is 4.50. The van der Waals surface area contributed by atoms with Crippen LogP contribution in [-0.4, -0.2) is 10.8 Å².